The first-order chi connectivity index (χ1) is 9.72. The quantitative estimate of drug-likeness (QED) is 0.859. The molecular formula is C16H14FN3. The number of nitrogen functional groups attached to an aromatic ring is 1. The van der Waals surface area contributed by atoms with Crippen LogP contribution in [-0.2, 0) is 6.42 Å². The van der Waals surface area contributed by atoms with Crippen LogP contribution in [-0.4, -0.2) is 4.98 Å². The van der Waals surface area contributed by atoms with E-state index in [1.54, 1.807) is 0 Å². The Hall–Kier alpha value is -2.41. The highest BCUT2D eigenvalue weighted by Gasteiger charge is 2.28. The van der Waals surface area contributed by atoms with Crippen LogP contribution in [0.15, 0.2) is 30.3 Å². The van der Waals surface area contributed by atoms with Crippen molar-refractivity contribution in [3.05, 3.63) is 47.2 Å². The Morgan fingerprint density at radius 2 is 2.05 bits per heavy atom. The van der Waals surface area contributed by atoms with Crippen molar-refractivity contribution in [2.24, 2.45) is 0 Å². The highest BCUT2D eigenvalue weighted by atomic mass is 19.1. The molecule has 0 saturated carbocycles. The summed E-state index contributed by atoms with van der Waals surface area (Å²) in [5, 5.41) is 9.36. The summed E-state index contributed by atoms with van der Waals surface area (Å²) in [4.78, 5) is 4.24. The van der Waals surface area contributed by atoms with Gasteiger partial charge in [-0.15, -0.1) is 0 Å². The average molecular weight is 267 g/mol. The molecule has 2 N–H and O–H groups in total. The van der Waals surface area contributed by atoms with E-state index in [1.807, 2.05) is 30.3 Å². The van der Waals surface area contributed by atoms with Crippen molar-refractivity contribution in [3.63, 3.8) is 0 Å². The monoisotopic (exact) mass is 267 g/mol. The predicted molar refractivity (Wildman–Crippen MR) is 75.6 cm³/mol. The number of hydrogen-bond acceptors (Lipinski definition) is 3. The molecule has 0 bridgehead atoms. The molecule has 100 valence electrons. The number of pyridine rings is 1. The van der Waals surface area contributed by atoms with Gasteiger partial charge in [-0.05, 0) is 24.8 Å². The minimum Gasteiger partial charge on any atom is -0.383 e. The molecule has 1 aromatic carbocycles. The van der Waals surface area contributed by atoms with Gasteiger partial charge >= 0.3 is 0 Å². The van der Waals surface area contributed by atoms with Crippen LogP contribution in [0.25, 0.3) is 11.1 Å². The molecule has 0 aliphatic heterocycles. The Morgan fingerprint density at radius 1 is 1.30 bits per heavy atom. The Balaban J connectivity index is 2.36. The molecule has 20 heavy (non-hydrogen) atoms. The van der Waals surface area contributed by atoms with Gasteiger partial charge in [0.05, 0.1) is 0 Å². The average Bonchev–Trinajstić information content (AvgIpc) is 2.47. The van der Waals surface area contributed by atoms with Gasteiger partial charge in [0.1, 0.15) is 23.6 Å². The minimum absolute atomic E-state index is 0.194. The van der Waals surface area contributed by atoms with Crippen molar-refractivity contribution in [2.45, 2.75) is 25.4 Å². The van der Waals surface area contributed by atoms with Crippen LogP contribution in [0.4, 0.5) is 10.2 Å². The summed E-state index contributed by atoms with van der Waals surface area (Å²) >= 11 is 0. The number of benzene rings is 1. The summed E-state index contributed by atoms with van der Waals surface area (Å²) in [7, 11) is 0. The number of aryl methyl sites for hydroxylation is 1. The van der Waals surface area contributed by atoms with E-state index in [0.717, 1.165) is 12.0 Å². The molecule has 1 unspecified atom stereocenters. The molecule has 1 atom stereocenters. The maximum Gasteiger partial charge on any atom is 0.142 e. The first-order valence-electron chi connectivity index (χ1n) is 6.64. The molecule has 0 spiro atoms. The third kappa shape index (κ3) is 1.92. The predicted octanol–water partition coefficient (Wildman–Crippen LogP) is 3.55. The zero-order chi connectivity index (χ0) is 14.1. The molecule has 3 nitrogen and oxygen atoms in total. The van der Waals surface area contributed by atoms with Gasteiger partial charge in [-0.1, -0.05) is 30.3 Å². The number of anilines is 1. The SMILES string of the molecule is N#Cc1c(N)nc2c(c1-c1ccccc1)C(F)CCC2. The van der Waals surface area contributed by atoms with E-state index in [-0.39, 0.29) is 11.4 Å². The molecule has 3 rings (SSSR count). The first kappa shape index (κ1) is 12.6. The molecule has 1 heterocycles. The molecule has 2 aromatic rings. The molecule has 0 saturated heterocycles. The van der Waals surface area contributed by atoms with Crippen LogP contribution in [0.3, 0.4) is 0 Å². The van der Waals surface area contributed by atoms with Crippen molar-refractivity contribution in [2.75, 3.05) is 5.73 Å². The molecule has 0 radical (unpaired) electrons. The molecule has 1 aliphatic rings. The summed E-state index contributed by atoms with van der Waals surface area (Å²) in [5.74, 6) is 0.194. The second-order valence-electron chi connectivity index (χ2n) is 4.95. The molecule has 1 aliphatic carbocycles. The van der Waals surface area contributed by atoms with Crippen molar-refractivity contribution in [3.8, 4) is 17.2 Å². The first-order valence-corrected chi connectivity index (χ1v) is 6.64. The van der Waals surface area contributed by atoms with Crippen molar-refractivity contribution in [1.82, 2.24) is 4.98 Å². The number of halogens is 1. The number of nitriles is 1. The van der Waals surface area contributed by atoms with Crippen LogP contribution in [0.2, 0.25) is 0 Å². The van der Waals surface area contributed by atoms with Crippen molar-refractivity contribution >= 4 is 5.82 Å². The van der Waals surface area contributed by atoms with Gasteiger partial charge in [0, 0.05) is 16.8 Å². The summed E-state index contributed by atoms with van der Waals surface area (Å²) in [6.07, 6.45) is 0.879. The van der Waals surface area contributed by atoms with Crippen LogP contribution < -0.4 is 5.73 Å². The van der Waals surface area contributed by atoms with Crippen LogP contribution in [0.1, 0.15) is 35.8 Å². The zero-order valence-electron chi connectivity index (χ0n) is 10.9. The Bertz CT molecular complexity index is 689. The lowest BCUT2D eigenvalue weighted by molar-refractivity contribution is 0.301. The van der Waals surface area contributed by atoms with Gasteiger partial charge in [0.25, 0.3) is 0 Å². The number of alkyl halides is 1. The lowest BCUT2D eigenvalue weighted by atomic mass is 9.85. The molecule has 4 heteroatoms. The normalized spacial score (nSPS) is 17.3. The second-order valence-corrected chi connectivity index (χ2v) is 4.95. The number of nitrogens with two attached hydrogens (primary N) is 1. The molecule has 0 fully saturated rings. The summed E-state index contributed by atoms with van der Waals surface area (Å²) in [5.41, 5.74) is 8.84. The summed E-state index contributed by atoms with van der Waals surface area (Å²) in [6, 6.07) is 11.5. The fraction of sp³-hybridized carbons (Fsp3) is 0.250. The van der Waals surface area contributed by atoms with Crippen LogP contribution >= 0.6 is 0 Å². The number of fused-ring (bicyclic) bond motifs is 1. The van der Waals surface area contributed by atoms with Gasteiger partial charge < -0.3 is 5.73 Å². The number of hydrogen-bond donors (Lipinski definition) is 1. The zero-order valence-corrected chi connectivity index (χ0v) is 10.9. The van der Waals surface area contributed by atoms with Crippen LogP contribution in [0, 0.1) is 11.3 Å². The van der Waals surface area contributed by atoms with E-state index in [4.69, 9.17) is 5.73 Å². The Morgan fingerprint density at radius 3 is 2.75 bits per heavy atom. The van der Waals surface area contributed by atoms with Crippen LogP contribution in [0.5, 0.6) is 0 Å². The fourth-order valence-electron chi connectivity index (χ4n) is 2.81. The second kappa shape index (κ2) is 4.93. The smallest absolute Gasteiger partial charge is 0.142 e. The molecule has 1 aromatic heterocycles. The Kier molecular flexibility index (Phi) is 3.11. The van der Waals surface area contributed by atoms with Gasteiger partial charge in [-0.25, -0.2) is 9.37 Å². The third-order valence-corrected chi connectivity index (χ3v) is 3.70. The van der Waals surface area contributed by atoms with E-state index in [1.165, 1.54) is 0 Å². The lowest BCUT2D eigenvalue weighted by Crippen LogP contribution is -2.13. The van der Waals surface area contributed by atoms with E-state index < -0.39 is 6.17 Å². The van der Waals surface area contributed by atoms with Gasteiger partial charge in [-0.2, -0.15) is 5.26 Å². The molecule has 0 amide bonds. The standard InChI is InChI=1S/C16H14FN3/c17-12-7-4-8-13-15(12)14(10-5-2-1-3-6-10)11(9-18)16(19)20-13/h1-3,5-6,12H,4,7-8H2,(H2,19,20). The summed E-state index contributed by atoms with van der Waals surface area (Å²) < 4.78 is 14.4. The van der Waals surface area contributed by atoms with E-state index >= 15 is 0 Å². The van der Waals surface area contributed by atoms with E-state index in [2.05, 4.69) is 11.1 Å². The fourth-order valence-corrected chi connectivity index (χ4v) is 2.81. The number of aromatic nitrogens is 1. The Labute approximate surface area is 116 Å². The van der Waals surface area contributed by atoms with Gasteiger partial charge in [-0.3, -0.25) is 0 Å². The lowest BCUT2D eigenvalue weighted by Gasteiger charge is -2.23. The number of rotatable bonds is 1. The maximum absolute atomic E-state index is 14.4. The van der Waals surface area contributed by atoms with E-state index in [9.17, 15) is 9.65 Å². The largest absolute Gasteiger partial charge is 0.383 e. The highest BCUT2D eigenvalue weighted by molar-refractivity contribution is 5.79. The van der Waals surface area contributed by atoms with Gasteiger partial charge in [0.2, 0.25) is 0 Å². The molecular weight excluding hydrogens is 253 g/mol. The summed E-state index contributed by atoms with van der Waals surface area (Å²) in [6.45, 7) is 0. The minimum atomic E-state index is -1.07. The third-order valence-electron chi connectivity index (χ3n) is 3.70. The van der Waals surface area contributed by atoms with Gasteiger partial charge in [0.15, 0.2) is 0 Å². The maximum atomic E-state index is 14.4. The number of nitrogens with zero attached hydrogens (tertiary/aromatic N) is 2. The van der Waals surface area contributed by atoms with Crippen molar-refractivity contribution in [1.29, 1.82) is 5.26 Å². The van der Waals surface area contributed by atoms with E-state index in [0.29, 0.717) is 29.7 Å². The highest BCUT2D eigenvalue weighted by Crippen LogP contribution is 2.41. The topological polar surface area (TPSA) is 62.7 Å². The van der Waals surface area contributed by atoms with Crippen molar-refractivity contribution < 1.29 is 4.39 Å².